The Labute approximate surface area is 173 Å². The van der Waals surface area contributed by atoms with Gasteiger partial charge >= 0.3 is 0 Å². The fourth-order valence-electron chi connectivity index (χ4n) is 2.79. The number of aromatic nitrogens is 2. The van der Waals surface area contributed by atoms with Gasteiger partial charge in [-0.2, -0.15) is 4.98 Å². The van der Waals surface area contributed by atoms with Crippen molar-refractivity contribution in [1.29, 1.82) is 0 Å². The molecule has 0 fully saturated rings. The van der Waals surface area contributed by atoms with Crippen LogP contribution in [0.4, 0.5) is 23.1 Å². The fourth-order valence-corrected chi connectivity index (χ4v) is 4.08. The van der Waals surface area contributed by atoms with Crippen LogP contribution in [0, 0.1) is 0 Å². The topological polar surface area (TPSA) is 93.2 Å². The van der Waals surface area contributed by atoms with E-state index in [4.69, 9.17) is 16.3 Å². The maximum atomic E-state index is 12.6. The summed E-state index contributed by atoms with van der Waals surface area (Å²) in [6, 6.07) is 12.4. The fraction of sp³-hybridized carbons (Fsp3) is 0.150. The molecule has 0 saturated heterocycles. The molecule has 0 spiro atoms. The summed E-state index contributed by atoms with van der Waals surface area (Å²) >= 11 is 6.27. The van der Waals surface area contributed by atoms with Gasteiger partial charge in [0.25, 0.3) is 0 Å². The minimum absolute atomic E-state index is 0.256. The second kappa shape index (κ2) is 8.64. The van der Waals surface area contributed by atoms with Crippen LogP contribution in [0.25, 0.3) is 0 Å². The molecular formula is C20H20ClN4O3P. The maximum absolute atomic E-state index is 12.6. The van der Waals surface area contributed by atoms with Crippen molar-refractivity contribution in [1.82, 2.24) is 9.97 Å². The number of nitrogens with zero attached hydrogens (tertiary/aromatic N) is 2. The number of carbonyl (C=O) groups excluding carboxylic acids is 1. The predicted molar refractivity (Wildman–Crippen MR) is 118 cm³/mol. The van der Waals surface area contributed by atoms with Crippen molar-refractivity contribution >= 4 is 53.5 Å². The van der Waals surface area contributed by atoms with E-state index < -0.39 is 7.14 Å². The number of nitrogens with one attached hydrogen (secondary N) is 2. The molecule has 3 rings (SSSR count). The lowest BCUT2D eigenvalue weighted by molar-refractivity contribution is 0.112. The van der Waals surface area contributed by atoms with Crippen LogP contribution in [0.5, 0.6) is 5.75 Å². The third-order valence-corrected chi connectivity index (χ3v) is 5.93. The Hall–Kier alpha value is -2.89. The van der Waals surface area contributed by atoms with Gasteiger partial charge in [0.1, 0.15) is 12.2 Å². The highest BCUT2D eigenvalue weighted by molar-refractivity contribution is 7.70. The Morgan fingerprint density at radius 2 is 1.79 bits per heavy atom. The van der Waals surface area contributed by atoms with Crippen LogP contribution >= 0.6 is 18.7 Å². The first kappa shape index (κ1) is 20.8. The van der Waals surface area contributed by atoms with Gasteiger partial charge < -0.3 is 19.9 Å². The van der Waals surface area contributed by atoms with Gasteiger partial charge in [0.2, 0.25) is 5.95 Å². The van der Waals surface area contributed by atoms with E-state index >= 15 is 0 Å². The van der Waals surface area contributed by atoms with Gasteiger partial charge in [-0.05, 0) is 37.6 Å². The third kappa shape index (κ3) is 4.75. The number of anilines is 4. The van der Waals surface area contributed by atoms with Crippen molar-refractivity contribution in [3.05, 3.63) is 59.2 Å². The highest BCUT2D eigenvalue weighted by Gasteiger charge is 2.17. The molecular weight excluding hydrogens is 411 g/mol. The van der Waals surface area contributed by atoms with Crippen molar-refractivity contribution in [2.24, 2.45) is 0 Å². The van der Waals surface area contributed by atoms with Gasteiger partial charge in [-0.25, -0.2) is 4.98 Å². The van der Waals surface area contributed by atoms with Crippen LogP contribution in [-0.4, -0.2) is 36.7 Å². The minimum Gasteiger partial charge on any atom is -0.494 e. The van der Waals surface area contributed by atoms with Crippen LogP contribution in [0.2, 0.25) is 5.02 Å². The average molecular weight is 431 g/mol. The van der Waals surface area contributed by atoms with Crippen molar-refractivity contribution in [3.63, 3.8) is 0 Å². The van der Waals surface area contributed by atoms with Gasteiger partial charge in [-0.1, -0.05) is 29.8 Å². The molecule has 0 aliphatic heterocycles. The molecule has 150 valence electrons. The van der Waals surface area contributed by atoms with Gasteiger partial charge in [-0.15, -0.1) is 0 Å². The summed E-state index contributed by atoms with van der Waals surface area (Å²) in [5.41, 5.74) is 1.60. The van der Waals surface area contributed by atoms with E-state index in [1.807, 2.05) is 24.3 Å². The Balaban J connectivity index is 1.95. The largest absolute Gasteiger partial charge is 0.494 e. The summed E-state index contributed by atoms with van der Waals surface area (Å²) in [5, 5.41) is 7.18. The molecule has 0 unspecified atom stereocenters. The van der Waals surface area contributed by atoms with Crippen LogP contribution < -0.4 is 20.7 Å². The zero-order chi connectivity index (χ0) is 21.0. The molecule has 2 aromatic carbocycles. The Morgan fingerprint density at radius 1 is 1.07 bits per heavy atom. The number of aldehydes is 1. The molecule has 0 bridgehead atoms. The number of methoxy groups -OCH3 is 1. The van der Waals surface area contributed by atoms with Crippen LogP contribution in [0.1, 0.15) is 10.4 Å². The highest BCUT2D eigenvalue weighted by Crippen LogP contribution is 2.38. The van der Waals surface area contributed by atoms with Gasteiger partial charge in [0, 0.05) is 5.30 Å². The quantitative estimate of drug-likeness (QED) is 0.415. The summed E-state index contributed by atoms with van der Waals surface area (Å²) in [4.78, 5) is 19.8. The number of carbonyl (C=O) groups is 1. The Kier molecular flexibility index (Phi) is 6.20. The molecule has 0 saturated carbocycles. The number of hydrogen-bond donors (Lipinski definition) is 2. The molecule has 9 heteroatoms. The lowest BCUT2D eigenvalue weighted by Gasteiger charge is -2.16. The third-order valence-electron chi connectivity index (χ3n) is 4.10. The number of ether oxygens (including phenoxy) is 1. The van der Waals surface area contributed by atoms with Crippen LogP contribution in [-0.2, 0) is 4.57 Å². The zero-order valence-electron chi connectivity index (χ0n) is 16.1. The summed E-state index contributed by atoms with van der Waals surface area (Å²) in [6.45, 7) is 3.41. The molecule has 0 radical (unpaired) electrons. The van der Waals surface area contributed by atoms with Crippen LogP contribution in [0.15, 0.2) is 48.7 Å². The molecule has 7 nitrogen and oxygen atoms in total. The molecule has 0 amide bonds. The van der Waals surface area contributed by atoms with E-state index in [9.17, 15) is 9.36 Å². The van der Waals surface area contributed by atoms with E-state index in [0.29, 0.717) is 45.1 Å². The lowest BCUT2D eigenvalue weighted by Crippen LogP contribution is -2.11. The first-order valence-electron chi connectivity index (χ1n) is 8.67. The van der Waals surface area contributed by atoms with E-state index in [-0.39, 0.29) is 5.95 Å². The first-order valence-corrected chi connectivity index (χ1v) is 11.6. The molecule has 3 aromatic rings. The Morgan fingerprint density at radius 3 is 2.48 bits per heavy atom. The van der Waals surface area contributed by atoms with Crippen molar-refractivity contribution in [3.8, 4) is 5.75 Å². The lowest BCUT2D eigenvalue weighted by atomic mass is 10.2. The Bertz CT molecular complexity index is 1100. The SMILES string of the molecule is COc1c(C=O)cccc1Nc1ncc(Cl)c(Nc2ccccc2P(C)(C)=O)n1. The molecule has 2 N–H and O–H groups in total. The summed E-state index contributed by atoms with van der Waals surface area (Å²) < 4.78 is 17.9. The van der Waals surface area contributed by atoms with Crippen molar-refractivity contribution in [2.45, 2.75) is 0 Å². The average Bonchev–Trinajstić information content (AvgIpc) is 2.70. The summed E-state index contributed by atoms with van der Waals surface area (Å²) in [6.07, 6.45) is 2.17. The summed E-state index contributed by atoms with van der Waals surface area (Å²) in [7, 11) is -1.03. The minimum atomic E-state index is -2.51. The van der Waals surface area contributed by atoms with Gasteiger partial charge in [0.15, 0.2) is 17.9 Å². The second-order valence-electron chi connectivity index (χ2n) is 6.55. The number of rotatable bonds is 7. The smallest absolute Gasteiger partial charge is 0.229 e. The monoisotopic (exact) mass is 430 g/mol. The molecule has 1 aromatic heterocycles. The van der Waals surface area contributed by atoms with Crippen LogP contribution in [0.3, 0.4) is 0 Å². The number of para-hydroxylation sites is 2. The number of halogens is 1. The van der Waals surface area contributed by atoms with Crippen molar-refractivity contribution in [2.75, 3.05) is 31.1 Å². The summed E-state index contributed by atoms with van der Waals surface area (Å²) in [5.74, 6) is 1.00. The van der Waals surface area contributed by atoms with Gasteiger partial charge in [0.05, 0.1) is 30.2 Å². The molecule has 0 aliphatic carbocycles. The number of hydrogen-bond acceptors (Lipinski definition) is 7. The predicted octanol–water partition coefficient (Wildman–Crippen LogP) is 4.69. The normalized spacial score (nSPS) is 11.0. The first-order chi connectivity index (χ1) is 13.8. The highest BCUT2D eigenvalue weighted by atomic mass is 35.5. The number of benzene rings is 2. The van der Waals surface area contributed by atoms with Crippen molar-refractivity contribution < 1.29 is 14.1 Å². The zero-order valence-corrected chi connectivity index (χ0v) is 17.8. The van der Waals surface area contributed by atoms with E-state index in [2.05, 4.69) is 20.6 Å². The molecule has 0 aliphatic rings. The van der Waals surface area contributed by atoms with Gasteiger partial charge in [-0.3, -0.25) is 4.79 Å². The molecule has 0 atom stereocenters. The second-order valence-corrected chi connectivity index (χ2v) is 10.1. The van der Waals surface area contributed by atoms with E-state index in [0.717, 1.165) is 0 Å². The standard InChI is InChI=1S/C20H20ClN4O3P/c1-28-18-13(12-26)7-6-9-16(18)24-20-22-11-14(21)19(25-20)23-15-8-4-5-10-17(15)29(2,3)27/h4-12H,1-3H3,(H2,22,23,24,25). The van der Waals surface area contributed by atoms with E-state index in [1.165, 1.54) is 13.3 Å². The molecule has 1 heterocycles. The molecule has 29 heavy (non-hydrogen) atoms. The van der Waals surface area contributed by atoms with E-state index in [1.54, 1.807) is 31.5 Å². The maximum Gasteiger partial charge on any atom is 0.229 e.